The SMILES string of the molecule is Cc1cccc(C=C2SC(=S)N(c3ccccc3)C2=O)c1. The number of benzene rings is 2. The summed E-state index contributed by atoms with van der Waals surface area (Å²) in [5.41, 5.74) is 3.00. The second-order valence-corrected chi connectivity index (χ2v) is 6.44. The van der Waals surface area contributed by atoms with E-state index in [1.165, 1.54) is 17.3 Å². The van der Waals surface area contributed by atoms with Gasteiger partial charge in [-0.05, 0) is 30.7 Å². The molecular formula is C17H13NOS2. The molecule has 0 spiro atoms. The van der Waals surface area contributed by atoms with Crippen LogP contribution in [0, 0.1) is 6.92 Å². The van der Waals surface area contributed by atoms with Gasteiger partial charge >= 0.3 is 0 Å². The number of amides is 1. The number of rotatable bonds is 2. The van der Waals surface area contributed by atoms with Gasteiger partial charge in [-0.15, -0.1) is 0 Å². The summed E-state index contributed by atoms with van der Waals surface area (Å²) in [5, 5.41) is 0. The molecule has 2 aromatic rings. The van der Waals surface area contributed by atoms with Crippen LogP contribution in [-0.4, -0.2) is 10.2 Å². The molecular weight excluding hydrogens is 298 g/mol. The molecule has 1 heterocycles. The zero-order valence-corrected chi connectivity index (χ0v) is 13.1. The molecule has 0 N–H and O–H groups in total. The Kier molecular flexibility index (Phi) is 3.90. The lowest BCUT2D eigenvalue weighted by molar-refractivity contribution is -0.113. The van der Waals surface area contributed by atoms with Crippen LogP contribution in [0.3, 0.4) is 0 Å². The predicted molar refractivity (Wildman–Crippen MR) is 93.3 cm³/mol. The Labute approximate surface area is 133 Å². The third kappa shape index (κ3) is 2.91. The van der Waals surface area contributed by atoms with Crippen LogP contribution < -0.4 is 4.90 Å². The number of carbonyl (C=O) groups excluding carboxylic acids is 1. The van der Waals surface area contributed by atoms with Gasteiger partial charge in [0.2, 0.25) is 0 Å². The zero-order chi connectivity index (χ0) is 14.8. The highest BCUT2D eigenvalue weighted by Gasteiger charge is 2.33. The number of thioether (sulfide) groups is 1. The van der Waals surface area contributed by atoms with Gasteiger partial charge in [-0.1, -0.05) is 72.0 Å². The van der Waals surface area contributed by atoms with E-state index in [1.807, 2.05) is 61.5 Å². The molecule has 1 aliphatic rings. The van der Waals surface area contributed by atoms with Crippen molar-refractivity contribution in [2.24, 2.45) is 0 Å². The molecule has 104 valence electrons. The molecule has 0 aromatic heterocycles. The summed E-state index contributed by atoms with van der Waals surface area (Å²) in [6, 6.07) is 17.6. The van der Waals surface area contributed by atoms with Crippen molar-refractivity contribution in [3.05, 3.63) is 70.6 Å². The molecule has 1 saturated heterocycles. The Balaban J connectivity index is 1.94. The largest absolute Gasteiger partial charge is 0.270 e. The van der Waals surface area contributed by atoms with E-state index in [1.54, 1.807) is 4.90 Å². The summed E-state index contributed by atoms with van der Waals surface area (Å²) in [7, 11) is 0. The van der Waals surface area contributed by atoms with Crippen LogP contribution in [0.15, 0.2) is 59.5 Å². The average molecular weight is 311 g/mol. The molecule has 1 fully saturated rings. The monoisotopic (exact) mass is 311 g/mol. The first-order chi connectivity index (χ1) is 10.1. The molecule has 1 aliphatic heterocycles. The summed E-state index contributed by atoms with van der Waals surface area (Å²) < 4.78 is 0.574. The number of aryl methyl sites for hydroxylation is 1. The van der Waals surface area contributed by atoms with E-state index in [2.05, 4.69) is 6.07 Å². The van der Waals surface area contributed by atoms with Crippen LogP contribution in [0.5, 0.6) is 0 Å². The van der Waals surface area contributed by atoms with E-state index in [-0.39, 0.29) is 5.91 Å². The first-order valence-electron chi connectivity index (χ1n) is 6.55. The molecule has 3 rings (SSSR count). The van der Waals surface area contributed by atoms with Crippen LogP contribution in [0.25, 0.3) is 6.08 Å². The number of para-hydroxylation sites is 1. The molecule has 0 atom stereocenters. The first-order valence-corrected chi connectivity index (χ1v) is 7.77. The average Bonchev–Trinajstić information content (AvgIpc) is 2.74. The number of nitrogens with zero attached hydrogens (tertiary/aromatic N) is 1. The van der Waals surface area contributed by atoms with Gasteiger partial charge in [0.05, 0.1) is 10.6 Å². The second kappa shape index (κ2) is 5.84. The molecule has 0 aliphatic carbocycles. The van der Waals surface area contributed by atoms with Gasteiger partial charge in [0.25, 0.3) is 5.91 Å². The van der Waals surface area contributed by atoms with Crippen LogP contribution in [-0.2, 0) is 4.79 Å². The summed E-state index contributed by atoms with van der Waals surface area (Å²) in [4.78, 5) is 14.8. The Morgan fingerprint density at radius 2 is 1.86 bits per heavy atom. The molecule has 4 heteroatoms. The minimum atomic E-state index is -0.0577. The van der Waals surface area contributed by atoms with Crippen molar-refractivity contribution in [2.75, 3.05) is 4.90 Å². The molecule has 2 nitrogen and oxygen atoms in total. The smallest absolute Gasteiger partial charge is 0.268 e. The van der Waals surface area contributed by atoms with E-state index in [4.69, 9.17) is 12.2 Å². The Bertz CT molecular complexity index is 737. The Hall–Kier alpha value is -1.91. The maximum Gasteiger partial charge on any atom is 0.270 e. The van der Waals surface area contributed by atoms with E-state index >= 15 is 0 Å². The topological polar surface area (TPSA) is 20.3 Å². The molecule has 1 amide bonds. The minimum Gasteiger partial charge on any atom is -0.268 e. The molecule has 21 heavy (non-hydrogen) atoms. The second-order valence-electron chi connectivity index (χ2n) is 4.77. The number of anilines is 1. The van der Waals surface area contributed by atoms with E-state index in [0.29, 0.717) is 9.23 Å². The van der Waals surface area contributed by atoms with Gasteiger partial charge in [0.1, 0.15) is 0 Å². The summed E-state index contributed by atoms with van der Waals surface area (Å²) in [6.45, 7) is 2.03. The summed E-state index contributed by atoms with van der Waals surface area (Å²) in [6.07, 6.45) is 1.90. The number of hydrogen-bond acceptors (Lipinski definition) is 3. The fourth-order valence-corrected chi connectivity index (χ4v) is 3.48. The highest BCUT2D eigenvalue weighted by molar-refractivity contribution is 8.27. The van der Waals surface area contributed by atoms with Crippen molar-refractivity contribution in [1.29, 1.82) is 0 Å². The summed E-state index contributed by atoms with van der Waals surface area (Å²) in [5.74, 6) is -0.0577. The van der Waals surface area contributed by atoms with Crippen LogP contribution in [0.2, 0.25) is 0 Å². The molecule has 0 radical (unpaired) electrons. The van der Waals surface area contributed by atoms with Gasteiger partial charge in [0, 0.05) is 0 Å². The third-order valence-corrected chi connectivity index (χ3v) is 4.45. The zero-order valence-electron chi connectivity index (χ0n) is 11.4. The maximum absolute atomic E-state index is 12.6. The van der Waals surface area contributed by atoms with Crippen LogP contribution >= 0.6 is 24.0 Å². The lowest BCUT2D eigenvalue weighted by Gasteiger charge is -2.13. The third-order valence-electron chi connectivity index (χ3n) is 3.15. The first kappa shape index (κ1) is 14.0. The van der Waals surface area contributed by atoms with Gasteiger partial charge in [-0.25, -0.2) is 0 Å². The van der Waals surface area contributed by atoms with Crippen molar-refractivity contribution in [2.45, 2.75) is 6.92 Å². The number of hydrogen-bond donors (Lipinski definition) is 0. The molecule has 0 bridgehead atoms. The van der Waals surface area contributed by atoms with Gasteiger partial charge in [-0.2, -0.15) is 0 Å². The van der Waals surface area contributed by atoms with E-state index in [0.717, 1.165) is 11.3 Å². The highest BCUT2D eigenvalue weighted by Crippen LogP contribution is 2.35. The summed E-state index contributed by atoms with van der Waals surface area (Å²) >= 11 is 6.69. The molecule has 0 saturated carbocycles. The van der Waals surface area contributed by atoms with E-state index in [9.17, 15) is 4.79 Å². The van der Waals surface area contributed by atoms with Crippen molar-refractivity contribution in [3.63, 3.8) is 0 Å². The standard InChI is InChI=1S/C17H13NOS2/c1-12-6-5-7-13(10-12)11-15-16(19)18(17(20)21-15)14-8-3-2-4-9-14/h2-11H,1H3. The van der Waals surface area contributed by atoms with Crippen molar-refractivity contribution < 1.29 is 4.79 Å². The fourth-order valence-electron chi connectivity index (χ4n) is 2.18. The van der Waals surface area contributed by atoms with E-state index < -0.39 is 0 Å². The normalized spacial score (nSPS) is 16.8. The van der Waals surface area contributed by atoms with Crippen molar-refractivity contribution in [3.8, 4) is 0 Å². The Morgan fingerprint density at radius 3 is 2.57 bits per heavy atom. The van der Waals surface area contributed by atoms with Crippen LogP contribution in [0.4, 0.5) is 5.69 Å². The molecule has 0 unspecified atom stereocenters. The highest BCUT2D eigenvalue weighted by atomic mass is 32.2. The Morgan fingerprint density at radius 1 is 1.10 bits per heavy atom. The lowest BCUT2D eigenvalue weighted by Crippen LogP contribution is -2.27. The quantitative estimate of drug-likeness (QED) is 0.605. The lowest BCUT2D eigenvalue weighted by atomic mass is 10.1. The van der Waals surface area contributed by atoms with Crippen molar-refractivity contribution in [1.82, 2.24) is 0 Å². The number of carbonyl (C=O) groups is 1. The van der Waals surface area contributed by atoms with Gasteiger partial charge < -0.3 is 0 Å². The minimum absolute atomic E-state index is 0.0577. The maximum atomic E-state index is 12.6. The van der Waals surface area contributed by atoms with Crippen LogP contribution in [0.1, 0.15) is 11.1 Å². The van der Waals surface area contributed by atoms with Gasteiger partial charge in [-0.3, -0.25) is 9.69 Å². The van der Waals surface area contributed by atoms with Crippen molar-refractivity contribution >= 4 is 46.0 Å². The molecule has 2 aromatic carbocycles. The van der Waals surface area contributed by atoms with Gasteiger partial charge in [0.15, 0.2) is 4.32 Å². The number of thiocarbonyl (C=S) groups is 1. The predicted octanol–water partition coefficient (Wildman–Crippen LogP) is 4.40. The fraction of sp³-hybridized carbons (Fsp3) is 0.0588.